The number of aromatic nitrogens is 4. The van der Waals surface area contributed by atoms with Gasteiger partial charge in [0.2, 0.25) is 5.16 Å². The Morgan fingerprint density at radius 2 is 2.20 bits per heavy atom. The number of thioether (sulfide) groups is 1. The minimum absolute atomic E-state index is 0.0313. The molecule has 0 bridgehead atoms. The molecule has 1 saturated heterocycles. The van der Waals surface area contributed by atoms with Gasteiger partial charge in [0.1, 0.15) is 0 Å². The molecule has 1 aliphatic heterocycles. The van der Waals surface area contributed by atoms with Gasteiger partial charge in [-0.1, -0.05) is 0 Å². The molecule has 0 atom stereocenters. The van der Waals surface area contributed by atoms with Crippen LogP contribution in [-0.2, 0) is 11.8 Å². The van der Waals surface area contributed by atoms with E-state index in [2.05, 4.69) is 15.5 Å². The lowest BCUT2D eigenvalue weighted by atomic mass is 10.5. The van der Waals surface area contributed by atoms with Crippen molar-refractivity contribution in [3.05, 3.63) is 0 Å². The lowest BCUT2D eigenvalue weighted by molar-refractivity contribution is 0.0592. The summed E-state index contributed by atoms with van der Waals surface area (Å²) in [4.78, 5) is 13.5. The molecule has 0 radical (unpaired) electrons. The van der Waals surface area contributed by atoms with E-state index in [4.69, 9.17) is 4.74 Å². The summed E-state index contributed by atoms with van der Waals surface area (Å²) < 4.78 is 6.64. The Bertz CT molecular complexity index is 349. The minimum atomic E-state index is -0.0313. The Balaban J connectivity index is 1.94. The maximum absolute atomic E-state index is 11.7. The summed E-state index contributed by atoms with van der Waals surface area (Å²) in [6.45, 7) is 2.47. The fourth-order valence-corrected chi connectivity index (χ4v) is 1.91. The Morgan fingerprint density at radius 1 is 1.47 bits per heavy atom. The van der Waals surface area contributed by atoms with Crippen molar-refractivity contribution in [1.82, 2.24) is 25.1 Å². The first-order valence-corrected chi connectivity index (χ1v) is 5.36. The van der Waals surface area contributed by atoms with E-state index in [-0.39, 0.29) is 5.24 Å². The third kappa shape index (κ3) is 2.45. The molecule has 0 aliphatic carbocycles. The summed E-state index contributed by atoms with van der Waals surface area (Å²) in [6, 6.07) is 0. The van der Waals surface area contributed by atoms with Crippen molar-refractivity contribution >= 4 is 17.0 Å². The zero-order valence-electron chi connectivity index (χ0n) is 8.29. The highest BCUT2D eigenvalue weighted by molar-refractivity contribution is 8.13. The van der Waals surface area contributed by atoms with E-state index in [1.165, 1.54) is 4.68 Å². The highest BCUT2D eigenvalue weighted by atomic mass is 32.2. The zero-order chi connectivity index (χ0) is 10.7. The van der Waals surface area contributed by atoms with E-state index in [9.17, 15) is 4.79 Å². The number of morpholine rings is 1. The molecular weight excluding hydrogens is 218 g/mol. The molecule has 0 spiro atoms. The largest absolute Gasteiger partial charge is 0.378 e. The van der Waals surface area contributed by atoms with Crippen LogP contribution in [0.1, 0.15) is 0 Å². The van der Waals surface area contributed by atoms with Gasteiger partial charge in [0, 0.05) is 31.9 Å². The van der Waals surface area contributed by atoms with Crippen LogP contribution in [0.15, 0.2) is 5.16 Å². The summed E-state index contributed by atoms with van der Waals surface area (Å²) in [5.41, 5.74) is 0. The highest BCUT2D eigenvalue weighted by Crippen LogP contribution is 2.17. The Morgan fingerprint density at radius 3 is 2.80 bits per heavy atom. The monoisotopic (exact) mass is 229 g/mol. The van der Waals surface area contributed by atoms with Crippen LogP contribution in [0.5, 0.6) is 0 Å². The fraction of sp³-hybridized carbons (Fsp3) is 0.714. The van der Waals surface area contributed by atoms with Crippen molar-refractivity contribution in [3.8, 4) is 0 Å². The summed E-state index contributed by atoms with van der Waals surface area (Å²) >= 11 is 1.04. The van der Waals surface area contributed by atoms with Gasteiger partial charge in [-0.2, -0.15) is 0 Å². The van der Waals surface area contributed by atoms with Gasteiger partial charge in [-0.3, -0.25) is 4.79 Å². The number of hydrogen-bond donors (Lipinski definition) is 0. The molecule has 1 aliphatic rings. The van der Waals surface area contributed by atoms with Gasteiger partial charge in [0.05, 0.1) is 13.2 Å². The SMILES string of the molecule is Cn1nnnc1SC(=O)N1CCOCC1. The fourth-order valence-electron chi connectivity index (χ4n) is 1.20. The summed E-state index contributed by atoms with van der Waals surface area (Å²) in [5.74, 6) is 0. The highest BCUT2D eigenvalue weighted by Gasteiger charge is 2.19. The first-order valence-electron chi connectivity index (χ1n) is 4.54. The topological polar surface area (TPSA) is 73.1 Å². The molecule has 2 heterocycles. The van der Waals surface area contributed by atoms with E-state index in [1.54, 1.807) is 11.9 Å². The molecule has 1 aromatic rings. The molecule has 8 heteroatoms. The van der Waals surface area contributed by atoms with E-state index >= 15 is 0 Å². The lowest BCUT2D eigenvalue weighted by Gasteiger charge is -2.25. The number of carbonyl (C=O) groups is 1. The number of hydrogen-bond acceptors (Lipinski definition) is 6. The van der Waals surface area contributed by atoms with E-state index < -0.39 is 0 Å². The van der Waals surface area contributed by atoms with Crippen molar-refractivity contribution < 1.29 is 9.53 Å². The third-order valence-electron chi connectivity index (χ3n) is 2.03. The predicted octanol–water partition coefficient (Wildman–Crippen LogP) is -0.246. The number of tetrazole rings is 1. The maximum Gasteiger partial charge on any atom is 0.289 e. The molecule has 1 fully saturated rings. The Kier molecular flexibility index (Phi) is 3.17. The van der Waals surface area contributed by atoms with Crippen LogP contribution in [0.3, 0.4) is 0 Å². The molecule has 0 aromatic carbocycles. The molecule has 1 amide bonds. The number of carbonyl (C=O) groups excluding carboxylic acids is 1. The van der Waals surface area contributed by atoms with Gasteiger partial charge in [-0.25, -0.2) is 4.68 Å². The average Bonchev–Trinajstić information content (AvgIpc) is 2.66. The first kappa shape index (κ1) is 10.4. The van der Waals surface area contributed by atoms with E-state index in [1.807, 2.05) is 0 Å². The maximum atomic E-state index is 11.7. The number of rotatable bonds is 1. The van der Waals surface area contributed by atoms with Gasteiger partial charge >= 0.3 is 0 Å². The summed E-state index contributed by atoms with van der Waals surface area (Å²) in [7, 11) is 1.70. The first-order chi connectivity index (χ1) is 7.27. The third-order valence-corrected chi connectivity index (χ3v) is 2.99. The Hall–Kier alpha value is -1.15. The molecular formula is C7H11N5O2S. The number of ether oxygens (including phenoxy) is 1. The van der Waals surface area contributed by atoms with Crippen LogP contribution in [0, 0.1) is 0 Å². The molecule has 82 valence electrons. The van der Waals surface area contributed by atoms with Crippen LogP contribution in [0.2, 0.25) is 0 Å². The second-order valence-electron chi connectivity index (χ2n) is 3.05. The van der Waals surface area contributed by atoms with E-state index in [0.29, 0.717) is 31.5 Å². The van der Waals surface area contributed by atoms with Crippen LogP contribution in [0.25, 0.3) is 0 Å². The molecule has 15 heavy (non-hydrogen) atoms. The summed E-state index contributed by atoms with van der Waals surface area (Å²) in [5, 5.41) is 11.3. The van der Waals surface area contributed by atoms with Gasteiger partial charge in [0.15, 0.2) is 0 Å². The Labute approximate surface area is 90.8 Å². The second-order valence-corrected chi connectivity index (χ2v) is 3.97. The molecule has 1 aromatic heterocycles. The van der Waals surface area contributed by atoms with Crippen LogP contribution in [-0.4, -0.2) is 56.6 Å². The molecule has 7 nitrogen and oxygen atoms in total. The normalized spacial score (nSPS) is 16.7. The molecule has 0 saturated carbocycles. The standard InChI is InChI=1S/C7H11N5O2S/c1-11-6(8-9-10-11)15-7(13)12-2-4-14-5-3-12/h2-5H2,1H3. The van der Waals surface area contributed by atoms with Crippen LogP contribution in [0.4, 0.5) is 4.79 Å². The summed E-state index contributed by atoms with van der Waals surface area (Å²) in [6.07, 6.45) is 0. The van der Waals surface area contributed by atoms with Crippen molar-refractivity contribution in [2.24, 2.45) is 7.05 Å². The van der Waals surface area contributed by atoms with Crippen molar-refractivity contribution in [2.45, 2.75) is 5.16 Å². The number of nitrogens with zero attached hydrogens (tertiary/aromatic N) is 5. The molecule has 0 N–H and O–H groups in total. The average molecular weight is 229 g/mol. The van der Waals surface area contributed by atoms with Crippen molar-refractivity contribution in [1.29, 1.82) is 0 Å². The molecule has 0 unspecified atom stereocenters. The van der Waals surface area contributed by atoms with Gasteiger partial charge in [-0.15, -0.1) is 5.10 Å². The quantitative estimate of drug-likeness (QED) is 0.618. The van der Waals surface area contributed by atoms with Crippen molar-refractivity contribution in [3.63, 3.8) is 0 Å². The van der Waals surface area contributed by atoms with Gasteiger partial charge < -0.3 is 9.64 Å². The second kappa shape index (κ2) is 4.58. The van der Waals surface area contributed by atoms with E-state index in [0.717, 1.165) is 11.8 Å². The molecule has 2 rings (SSSR count). The van der Waals surface area contributed by atoms with Gasteiger partial charge in [0.25, 0.3) is 5.24 Å². The van der Waals surface area contributed by atoms with Gasteiger partial charge in [-0.05, 0) is 10.4 Å². The van der Waals surface area contributed by atoms with Crippen molar-refractivity contribution in [2.75, 3.05) is 26.3 Å². The van der Waals surface area contributed by atoms with Crippen LogP contribution < -0.4 is 0 Å². The minimum Gasteiger partial charge on any atom is -0.378 e. The smallest absolute Gasteiger partial charge is 0.289 e. The van der Waals surface area contributed by atoms with Crippen LogP contribution >= 0.6 is 11.8 Å². The predicted molar refractivity (Wildman–Crippen MR) is 52.4 cm³/mol. The zero-order valence-corrected chi connectivity index (χ0v) is 9.11. The number of aryl methyl sites for hydroxylation is 1. The lowest BCUT2D eigenvalue weighted by Crippen LogP contribution is -2.38. The number of amides is 1.